The number of nitrogens with one attached hydrogen (secondary N) is 1. The van der Waals surface area contributed by atoms with Crippen molar-refractivity contribution in [2.75, 3.05) is 13.1 Å². The zero-order valence-electron chi connectivity index (χ0n) is 13.7. The van der Waals surface area contributed by atoms with Gasteiger partial charge in [-0.25, -0.2) is 4.98 Å². The molecule has 1 aliphatic rings. The Labute approximate surface area is 135 Å². The molecule has 0 aliphatic carbocycles. The first-order chi connectivity index (χ1) is 11.1. The molecular weight excluding hydrogens is 294 g/mol. The van der Waals surface area contributed by atoms with Crippen LogP contribution in [0.1, 0.15) is 43.0 Å². The number of aryl methyl sites for hydroxylation is 2. The lowest BCUT2D eigenvalue weighted by atomic mass is 9.95. The number of likely N-dealkylation sites (tertiary alicyclic amines) is 1. The van der Waals surface area contributed by atoms with E-state index in [0.717, 1.165) is 50.3 Å². The van der Waals surface area contributed by atoms with E-state index in [1.807, 2.05) is 13.8 Å². The third-order valence-electron chi connectivity index (χ3n) is 4.22. The highest BCUT2D eigenvalue weighted by atomic mass is 16.5. The van der Waals surface area contributed by atoms with Crippen LogP contribution >= 0.6 is 0 Å². The van der Waals surface area contributed by atoms with Gasteiger partial charge in [0.2, 0.25) is 5.89 Å². The van der Waals surface area contributed by atoms with E-state index in [-0.39, 0.29) is 5.56 Å². The first kappa shape index (κ1) is 15.9. The molecule has 0 saturated carbocycles. The van der Waals surface area contributed by atoms with Crippen LogP contribution in [-0.2, 0) is 19.4 Å². The zero-order valence-corrected chi connectivity index (χ0v) is 13.7. The fraction of sp³-hybridized carbons (Fsp3) is 0.625. The lowest BCUT2D eigenvalue weighted by Crippen LogP contribution is -2.36. The maximum atomic E-state index is 11.7. The van der Waals surface area contributed by atoms with Crippen LogP contribution in [0.2, 0.25) is 0 Å². The topological polar surface area (TPSA) is 87.9 Å². The van der Waals surface area contributed by atoms with E-state index in [1.165, 1.54) is 0 Å². The molecule has 3 rings (SSSR count). The third-order valence-corrected chi connectivity index (χ3v) is 4.22. The number of aromatic amines is 1. The smallest absolute Gasteiger partial charge is 0.251 e. The summed E-state index contributed by atoms with van der Waals surface area (Å²) in [7, 11) is 0. The normalized spacial score (nSPS) is 19.1. The lowest BCUT2D eigenvalue weighted by molar-refractivity contribution is 0.157. The molecule has 2 aromatic heterocycles. The van der Waals surface area contributed by atoms with E-state index in [4.69, 9.17) is 4.52 Å². The van der Waals surface area contributed by atoms with Crippen molar-refractivity contribution in [1.82, 2.24) is 25.0 Å². The van der Waals surface area contributed by atoms with Gasteiger partial charge in [-0.05, 0) is 38.6 Å². The molecule has 1 unspecified atom stereocenters. The quantitative estimate of drug-likeness (QED) is 0.898. The molecule has 1 aliphatic heterocycles. The van der Waals surface area contributed by atoms with Gasteiger partial charge in [0, 0.05) is 24.7 Å². The molecule has 3 heterocycles. The molecule has 2 aromatic rings. The Balaban J connectivity index is 1.62. The summed E-state index contributed by atoms with van der Waals surface area (Å²) in [6, 6.07) is 1.57. The van der Waals surface area contributed by atoms with Gasteiger partial charge in [-0.3, -0.25) is 9.69 Å². The molecule has 124 valence electrons. The summed E-state index contributed by atoms with van der Waals surface area (Å²) in [5.41, 5.74) is 0.778. The second-order valence-electron chi connectivity index (χ2n) is 6.22. The molecule has 1 fully saturated rings. The monoisotopic (exact) mass is 317 g/mol. The van der Waals surface area contributed by atoms with Crippen LogP contribution < -0.4 is 5.56 Å². The van der Waals surface area contributed by atoms with Crippen molar-refractivity contribution < 1.29 is 4.52 Å². The van der Waals surface area contributed by atoms with Gasteiger partial charge in [0.15, 0.2) is 5.82 Å². The van der Waals surface area contributed by atoms with Gasteiger partial charge >= 0.3 is 0 Å². The van der Waals surface area contributed by atoms with E-state index >= 15 is 0 Å². The molecule has 1 atom stereocenters. The average Bonchev–Trinajstić information content (AvgIpc) is 2.92. The Morgan fingerprint density at radius 2 is 2.30 bits per heavy atom. The number of hydrogen-bond donors (Lipinski definition) is 1. The first-order valence-corrected chi connectivity index (χ1v) is 8.23. The SMILES string of the molecule is CCc1cc(=O)[nH]c(CN2CCCC(Cc3nc(C)no3)C2)n1. The standard InChI is InChI=1S/C16H23N5O2/c1-3-13-8-15(22)19-14(18-13)10-21-6-4-5-12(9-21)7-16-17-11(2)20-23-16/h8,12H,3-7,9-10H2,1-2H3,(H,18,19,22). The Hall–Kier alpha value is -2.02. The zero-order chi connectivity index (χ0) is 16.2. The summed E-state index contributed by atoms with van der Waals surface area (Å²) in [6.45, 7) is 6.52. The van der Waals surface area contributed by atoms with E-state index in [0.29, 0.717) is 24.2 Å². The highest BCUT2D eigenvalue weighted by Crippen LogP contribution is 2.21. The van der Waals surface area contributed by atoms with E-state index in [2.05, 4.69) is 25.0 Å². The van der Waals surface area contributed by atoms with Gasteiger partial charge in [-0.2, -0.15) is 4.98 Å². The minimum absolute atomic E-state index is 0.0678. The molecule has 0 amide bonds. The maximum absolute atomic E-state index is 11.7. The van der Waals surface area contributed by atoms with Crippen molar-refractivity contribution >= 4 is 0 Å². The molecule has 7 nitrogen and oxygen atoms in total. The number of aromatic nitrogens is 4. The Bertz CT molecular complexity index is 708. The molecule has 23 heavy (non-hydrogen) atoms. The van der Waals surface area contributed by atoms with Crippen molar-refractivity contribution in [2.24, 2.45) is 5.92 Å². The van der Waals surface area contributed by atoms with Crippen LogP contribution in [0.3, 0.4) is 0 Å². The van der Waals surface area contributed by atoms with E-state index < -0.39 is 0 Å². The molecule has 0 aromatic carbocycles. The summed E-state index contributed by atoms with van der Waals surface area (Å²) in [5.74, 6) is 2.66. The summed E-state index contributed by atoms with van der Waals surface area (Å²) >= 11 is 0. The van der Waals surface area contributed by atoms with Gasteiger partial charge < -0.3 is 9.51 Å². The lowest BCUT2D eigenvalue weighted by Gasteiger charge is -2.31. The predicted molar refractivity (Wildman–Crippen MR) is 85.0 cm³/mol. The van der Waals surface area contributed by atoms with Gasteiger partial charge in [0.25, 0.3) is 5.56 Å². The minimum Gasteiger partial charge on any atom is -0.339 e. The second-order valence-corrected chi connectivity index (χ2v) is 6.22. The summed E-state index contributed by atoms with van der Waals surface area (Å²) in [5, 5.41) is 3.85. The van der Waals surface area contributed by atoms with Gasteiger partial charge in [-0.1, -0.05) is 12.1 Å². The minimum atomic E-state index is -0.0678. The Morgan fingerprint density at radius 3 is 3.04 bits per heavy atom. The second kappa shape index (κ2) is 7.04. The van der Waals surface area contributed by atoms with Crippen LogP contribution in [0.5, 0.6) is 0 Å². The largest absolute Gasteiger partial charge is 0.339 e. The molecule has 0 radical (unpaired) electrons. The van der Waals surface area contributed by atoms with Gasteiger partial charge in [-0.15, -0.1) is 0 Å². The van der Waals surface area contributed by atoms with Crippen LogP contribution in [0.25, 0.3) is 0 Å². The highest BCUT2D eigenvalue weighted by Gasteiger charge is 2.22. The molecule has 0 bridgehead atoms. The predicted octanol–water partition coefficient (Wildman–Crippen LogP) is 1.48. The van der Waals surface area contributed by atoms with Crippen molar-refractivity contribution in [1.29, 1.82) is 0 Å². The van der Waals surface area contributed by atoms with Crippen molar-refractivity contribution in [3.63, 3.8) is 0 Å². The highest BCUT2D eigenvalue weighted by molar-refractivity contribution is 5.02. The maximum Gasteiger partial charge on any atom is 0.251 e. The molecular formula is C16H23N5O2. The van der Waals surface area contributed by atoms with Crippen molar-refractivity contribution in [3.05, 3.63) is 39.7 Å². The molecule has 1 saturated heterocycles. The number of H-pyrrole nitrogens is 1. The number of hydrogen-bond acceptors (Lipinski definition) is 6. The van der Waals surface area contributed by atoms with Crippen LogP contribution in [-0.4, -0.2) is 38.1 Å². The Morgan fingerprint density at radius 1 is 1.43 bits per heavy atom. The molecule has 1 N–H and O–H groups in total. The fourth-order valence-corrected chi connectivity index (χ4v) is 3.16. The first-order valence-electron chi connectivity index (χ1n) is 8.23. The van der Waals surface area contributed by atoms with Gasteiger partial charge in [0.1, 0.15) is 5.82 Å². The average molecular weight is 317 g/mol. The van der Waals surface area contributed by atoms with Crippen LogP contribution in [0.4, 0.5) is 0 Å². The van der Waals surface area contributed by atoms with E-state index in [9.17, 15) is 4.79 Å². The third kappa shape index (κ3) is 4.25. The summed E-state index contributed by atoms with van der Waals surface area (Å²) in [4.78, 5) is 25.7. The summed E-state index contributed by atoms with van der Waals surface area (Å²) < 4.78 is 5.23. The van der Waals surface area contributed by atoms with E-state index in [1.54, 1.807) is 6.07 Å². The number of nitrogens with zero attached hydrogens (tertiary/aromatic N) is 4. The van der Waals surface area contributed by atoms with Crippen LogP contribution in [0.15, 0.2) is 15.4 Å². The summed E-state index contributed by atoms with van der Waals surface area (Å²) in [6.07, 6.45) is 3.89. The number of piperidine rings is 1. The van der Waals surface area contributed by atoms with Gasteiger partial charge in [0.05, 0.1) is 6.54 Å². The number of rotatable bonds is 5. The van der Waals surface area contributed by atoms with Crippen molar-refractivity contribution in [2.45, 2.75) is 46.1 Å². The Kier molecular flexibility index (Phi) is 4.85. The van der Waals surface area contributed by atoms with Crippen LogP contribution in [0, 0.1) is 12.8 Å². The van der Waals surface area contributed by atoms with Crippen molar-refractivity contribution in [3.8, 4) is 0 Å². The molecule has 0 spiro atoms. The molecule has 7 heteroatoms. The fourth-order valence-electron chi connectivity index (χ4n) is 3.16.